The van der Waals surface area contributed by atoms with E-state index in [2.05, 4.69) is 79.7 Å². The van der Waals surface area contributed by atoms with Gasteiger partial charge in [-0.05, 0) is 157 Å². The van der Waals surface area contributed by atoms with Gasteiger partial charge in [-0.2, -0.15) is 0 Å². The molecule has 0 amide bonds. The van der Waals surface area contributed by atoms with Crippen molar-refractivity contribution in [3.8, 4) is 0 Å². The highest BCUT2D eigenvalue weighted by molar-refractivity contribution is 6.70. The second-order valence-corrected chi connectivity index (χ2v) is 31.6. The highest BCUT2D eigenvalue weighted by Gasteiger charge is 2.67. The number of ether oxygens (including phenoxy) is 1. The molecule has 0 saturated heterocycles. The minimum Gasteiger partial charge on any atom is -0.469 e. The second kappa shape index (κ2) is 12.3. The Morgan fingerprint density at radius 1 is 0.810 bits per heavy atom. The van der Waals surface area contributed by atoms with Gasteiger partial charge in [0.1, 0.15) is 0 Å². The fraction of sp³-hybridized carbons (Fsp3) is 0.971. The van der Waals surface area contributed by atoms with Gasteiger partial charge >= 0.3 is 5.97 Å². The highest BCUT2D eigenvalue weighted by atomic mass is 28.4. The molecule has 8 heteroatoms. The number of hydrogen-bond acceptors (Lipinski definition) is 5. The molecule has 42 heavy (non-hydrogen) atoms. The number of fused-ring (bicyclic) bond motifs is 5. The molecular formula is C34H66O5Si3. The average molecular weight is 639 g/mol. The van der Waals surface area contributed by atoms with Gasteiger partial charge in [-0.1, -0.05) is 20.8 Å². The van der Waals surface area contributed by atoms with E-state index < -0.39 is 25.0 Å². The van der Waals surface area contributed by atoms with Gasteiger partial charge in [-0.25, -0.2) is 0 Å². The van der Waals surface area contributed by atoms with Crippen molar-refractivity contribution >= 4 is 30.9 Å². The summed E-state index contributed by atoms with van der Waals surface area (Å²) in [6, 6.07) is 0. The zero-order valence-electron chi connectivity index (χ0n) is 29.6. The first kappa shape index (κ1) is 34.9. The first-order valence-electron chi connectivity index (χ1n) is 17.3. The fourth-order valence-electron chi connectivity index (χ4n) is 10.5. The molecule has 4 rings (SSSR count). The normalized spacial score (nSPS) is 41.5. The molecule has 0 aromatic heterocycles. The van der Waals surface area contributed by atoms with Crippen molar-refractivity contribution < 1.29 is 22.8 Å². The van der Waals surface area contributed by atoms with E-state index in [1.165, 1.54) is 52.1 Å². The molecule has 0 spiro atoms. The molecule has 4 saturated carbocycles. The lowest BCUT2D eigenvalue weighted by atomic mass is 9.43. The van der Waals surface area contributed by atoms with Crippen LogP contribution in [0.15, 0.2) is 0 Å². The van der Waals surface area contributed by atoms with Gasteiger partial charge in [0.15, 0.2) is 25.0 Å². The molecule has 0 aliphatic heterocycles. The van der Waals surface area contributed by atoms with Crippen molar-refractivity contribution in [2.24, 2.45) is 46.3 Å². The van der Waals surface area contributed by atoms with Crippen LogP contribution in [0.2, 0.25) is 58.9 Å². The summed E-state index contributed by atoms with van der Waals surface area (Å²) in [6.07, 6.45) is 11.0. The smallest absolute Gasteiger partial charge is 0.305 e. The van der Waals surface area contributed by atoms with Gasteiger partial charge < -0.3 is 18.0 Å². The summed E-state index contributed by atoms with van der Waals surface area (Å²) in [7, 11) is -3.61. The Morgan fingerprint density at radius 3 is 2.00 bits per heavy atom. The van der Waals surface area contributed by atoms with Crippen LogP contribution in [0.5, 0.6) is 0 Å². The Kier molecular flexibility index (Phi) is 10.2. The van der Waals surface area contributed by atoms with E-state index in [9.17, 15) is 4.79 Å². The molecule has 0 bridgehead atoms. The quantitative estimate of drug-likeness (QED) is 0.176. The molecule has 244 valence electrons. The SMILES string of the molecule is COC(=O)CC[C@@H](C)[C@H]1CC[C@H]2[C@@H]3[C@H](O[Si](C)(C)C)C[C@H]4C[C@H](O[Si](C)(C)C)CC[C@]4(C)[C@H]3C[C@H](O[Si](C)(C)C)[C@]12C. The Hall–Kier alpha value is 0.000649. The Balaban J connectivity index is 1.72. The van der Waals surface area contributed by atoms with Crippen molar-refractivity contribution in [2.75, 3.05) is 7.11 Å². The third kappa shape index (κ3) is 7.35. The third-order valence-corrected chi connectivity index (χ3v) is 15.0. The van der Waals surface area contributed by atoms with Crippen LogP contribution >= 0.6 is 0 Å². The molecule has 0 N–H and O–H groups in total. The topological polar surface area (TPSA) is 54.0 Å². The molecule has 4 fully saturated rings. The minimum atomic E-state index is -1.79. The van der Waals surface area contributed by atoms with Crippen molar-refractivity contribution in [1.82, 2.24) is 0 Å². The molecular weight excluding hydrogens is 573 g/mol. The summed E-state index contributed by atoms with van der Waals surface area (Å²) in [5, 5.41) is 0. The number of carbonyl (C=O) groups is 1. The maximum atomic E-state index is 12.1. The van der Waals surface area contributed by atoms with Gasteiger partial charge in [-0.3, -0.25) is 4.79 Å². The Morgan fingerprint density at radius 2 is 1.43 bits per heavy atom. The van der Waals surface area contributed by atoms with E-state index in [0.29, 0.717) is 59.6 Å². The van der Waals surface area contributed by atoms with Crippen LogP contribution in [-0.2, 0) is 22.8 Å². The lowest BCUT2D eigenvalue weighted by molar-refractivity contribution is -0.199. The van der Waals surface area contributed by atoms with E-state index >= 15 is 0 Å². The zero-order valence-corrected chi connectivity index (χ0v) is 32.6. The summed E-state index contributed by atoms with van der Waals surface area (Å²) in [5.41, 5.74) is 0.430. The summed E-state index contributed by atoms with van der Waals surface area (Å²) < 4.78 is 26.4. The molecule has 0 aromatic carbocycles. The Labute approximate surface area is 262 Å². The van der Waals surface area contributed by atoms with E-state index in [1.54, 1.807) is 0 Å². The zero-order chi connectivity index (χ0) is 31.5. The first-order chi connectivity index (χ1) is 19.2. The first-order valence-corrected chi connectivity index (χ1v) is 27.5. The molecule has 4 aliphatic rings. The monoisotopic (exact) mass is 638 g/mol. The van der Waals surface area contributed by atoms with E-state index in [-0.39, 0.29) is 17.5 Å². The van der Waals surface area contributed by atoms with Crippen molar-refractivity contribution in [3.05, 3.63) is 0 Å². The number of hydrogen-bond donors (Lipinski definition) is 0. The molecule has 0 unspecified atom stereocenters. The summed E-state index contributed by atoms with van der Waals surface area (Å²) in [4.78, 5) is 12.1. The van der Waals surface area contributed by atoms with Crippen LogP contribution in [0.3, 0.4) is 0 Å². The van der Waals surface area contributed by atoms with Crippen LogP contribution in [0.4, 0.5) is 0 Å². The van der Waals surface area contributed by atoms with Crippen molar-refractivity contribution in [2.45, 2.75) is 156 Å². The van der Waals surface area contributed by atoms with Crippen LogP contribution in [-0.4, -0.2) is 56.3 Å². The van der Waals surface area contributed by atoms with Crippen molar-refractivity contribution in [3.63, 3.8) is 0 Å². The lowest BCUT2D eigenvalue weighted by Gasteiger charge is -2.66. The second-order valence-electron chi connectivity index (χ2n) is 18.2. The van der Waals surface area contributed by atoms with Gasteiger partial charge in [-0.15, -0.1) is 0 Å². The highest BCUT2D eigenvalue weighted by Crippen LogP contribution is 2.69. The van der Waals surface area contributed by atoms with Crippen LogP contribution in [0, 0.1) is 46.3 Å². The largest absolute Gasteiger partial charge is 0.469 e. The van der Waals surface area contributed by atoms with E-state index in [4.69, 9.17) is 18.0 Å². The molecule has 0 radical (unpaired) electrons. The summed E-state index contributed by atoms with van der Waals surface area (Å²) in [5.74, 6) is 3.45. The molecule has 0 heterocycles. The number of rotatable bonds is 10. The molecule has 4 aliphatic carbocycles. The predicted molar refractivity (Wildman–Crippen MR) is 181 cm³/mol. The Bertz CT molecular complexity index is 954. The maximum absolute atomic E-state index is 12.1. The van der Waals surface area contributed by atoms with E-state index in [1.807, 2.05) is 0 Å². The average Bonchev–Trinajstić information content (AvgIpc) is 3.19. The number of methoxy groups -OCH3 is 1. The molecule has 5 nitrogen and oxygen atoms in total. The molecule has 0 aromatic rings. The van der Waals surface area contributed by atoms with Crippen molar-refractivity contribution in [1.29, 1.82) is 0 Å². The maximum Gasteiger partial charge on any atom is 0.305 e. The lowest BCUT2D eigenvalue weighted by Crippen LogP contribution is -2.64. The van der Waals surface area contributed by atoms with E-state index in [0.717, 1.165) is 6.42 Å². The van der Waals surface area contributed by atoms with Crippen LogP contribution < -0.4 is 0 Å². The standard InChI is InChI=1S/C34H66O5Si3/c1-23(14-17-31(35)36-4)26-15-16-27-32-28(22-30(34(26,27)3)39-42(11,12)13)33(2)19-18-25(37-40(5,6)7)20-24(33)21-29(32)38-41(8,9)10/h23-30,32H,14-22H2,1-13H3/t23-,24-,25-,26-,27+,28+,29-,30+,32+,33+,34-/m1/s1. The third-order valence-electron chi connectivity index (χ3n) is 12.0. The predicted octanol–water partition coefficient (Wildman–Crippen LogP) is 9.11. The van der Waals surface area contributed by atoms with Crippen LogP contribution in [0.1, 0.15) is 78.6 Å². The molecule has 11 atom stereocenters. The minimum absolute atomic E-state index is 0.0799. The number of esters is 1. The summed E-state index contributed by atoms with van der Waals surface area (Å²) >= 11 is 0. The van der Waals surface area contributed by atoms with Gasteiger partial charge in [0.2, 0.25) is 0 Å². The van der Waals surface area contributed by atoms with Gasteiger partial charge in [0.05, 0.1) is 13.2 Å². The van der Waals surface area contributed by atoms with Crippen LogP contribution in [0.25, 0.3) is 0 Å². The van der Waals surface area contributed by atoms with Gasteiger partial charge in [0, 0.05) is 18.6 Å². The fourth-order valence-corrected chi connectivity index (χ4v) is 14.1. The van der Waals surface area contributed by atoms with Gasteiger partial charge in [0.25, 0.3) is 0 Å². The summed E-state index contributed by atoms with van der Waals surface area (Å²) in [6.45, 7) is 29.0. The number of carbonyl (C=O) groups excluding carboxylic acids is 1.